The lowest BCUT2D eigenvalue weighted by Gasteiger charge is -2.13. The van der Waals surface area contributed by atoms with E-state index in [1.54, 1.807) is 7.11 Å². The van der Waals surface area contributed by atoms with E-state index in [0.29, 0.717) is 0 Å². The molecule has 0 aliphatic carbocycles. The van der Waals surface area contributed by atoms with Crippen molar-refractivity contribution in [3.8, 4) is 39.4 Å². The van der Waals surface area contributed by atoms with Gasteiger partial charge in [0.15, 0.2) is 0 Å². The molecular weight excluding hydrogens is 342 g/mol. The predicted octanol–water partition coefficient (Wildman–Crippen LogP) is 6.71. The van der Waals surface area contributed by atoms with E-state index in [1.807, 2.05) is 12.1 Å². The third kappa shape index (κ3) is 3.54. The smallest absolute Gasteiger partial charge is 0.118 e. The lowest BCUT2D eigenvalue weighted by molar-refractivity contribution is 0.415. The monoisotopic (exact) mass is 365 g/mol. The van der Waals surface area contributed by atoms with Crippen LogP contribution in [0.25, 0.3) is 33.6 Å². The Morgan fingerprint density at radius 1 is 0.607 bits per heavy atom. The van der Waals surface area contributed by atoms with Gasteiger partial charge in [0.05, 0.1) is 18.5 Å². The molecule has 0 unspecified atom stereocenters. The minimum absolute atomic E-state index is 0.857. The normalized spacial score (nSPS) is 10.7. The number of nitrogens with zero attached hydrogens (tertiary/aromatic N) is 1. The van der Waals surface area contributed by atoms with E-state index in [0.717, 1.165) is 39.4 Å². The van der Waals surface area contributed by atoms with Gasteiger partial charge in [-0.3, -0.25) is 0 Å². The average Bonchev–Trinajstić information content (AvgIpc) is 2.74. The van der Waals surface area contributed by atoms with Crippen LogP contribution in [-0.2, 0) is 0 Å². The van der Waals surface area contributed by atoms with Crippen LogP contribution in [0.2, 0.25) is 0 Å². The van der Waals surface area contributed by atoms with Crippen LogP contribution in [0.15, 0.2) is 84.9 Å². The SMILES string of the molecule is COc1ccc(-c2cc(-c3ccccc3C)nc(-c3ccccc3C)c2)cc1. The zero-order valence-corrected chi connectivity index (χ0v) is 16.4. The topological polar surface area (TPSA) is 22.1 Å². The lowest BCUT2D eigenvalue weighted by atomic mass is 9.97. The van der Waals surface area contributed by atoms with Crippen LogP contribution in [0, 0.1) is 13.8 Å². The van der Waals surface area contributed by atoms with Crippen molar-refractivity contribution in [2.75, 3.05) is 7.11 Å². The van der Waals surface area contributed by atoms with Gasteiger partial charge in [-0.25, -0.2) is 4.98 Å². The molecular formula is C26H23NO. The second-order valence-corrected chi connectivity index (χ2v) is 6.98. The van der Waals surface area contributed by atoms with E-state index < -0.39 is 0 Å². The summed E-state index contributed by atoms with van der Waals surface area (Å²) in [5, 5.41) is 0. The fraction of sp³-hybridized carbons (Fsp3) is 0.115. The Hall–Kier alpha value is -3.39. The average molecular weight is 365 g/mol. The molecule has 28 heavy (non-hydrogen) atoms. The Labute approximate surface area is 166 Å². The molecule has 4 aromatic rings. The number of methoxy groups -OCH3 is 1. The van der Waals surface area contributed by atoms with Crippen molar-refractivity contribution < 1.29 is 4.74 Å². The summed E-state index contributed by atoms with van der Waals surface area (Å²) in [6.45, 7) is 4.26. The van der Waals surface area contributed by atoms with Crippen LogP contribution in [0.5, 0.6) is 5.75 Å². The van der Waals surface area contributed by atoms with E-state index in [9.17, 15) is 0 Å². The lowest BCUT2D eigenvalue weighted by Crippen LogP contribution is -1.94. The third-order valence-corrected chi connectivity index (χ3v) is 5.09. The van der Waals surface area contributed by atoms with Crippen LogP contribution < -0.4 is 4.74 Å². The molecule has 0 N–H and O–H groups in total. The summed E-state index contributed by atoms with van der Waals surface area (Å²) >= 11 is 0. The summed E-state index contributed by atoms with van der Waals surface area (Å²) in [7, 11) is 1.69. The van der Waals surface area contributed by atoms with Crippen molar-refractivity contribution in [1.82, 2.24) is 4.98 Å². The van der Waals surface area contributed by atoms with Gasteiger partial charge in [0.25, 0.3) is 0 Å². The number of ether oxygens (including phenoxy) is 1. The molecule has 0 aliphatic rings. The fourth-order valence-corrected chi connectivity index (χ4v) is 3.48. The largest absolute Gasteiger partial charge is 0.497 e. The van der Waals surface area contributed by atoms with E-state index in [1.165, 1.54) is 11.1 Å². The first kappa shape index (κ1) is 18.0. The molecule has 0 bridgehead atoms. The van der Waals surface area contributed by atoms with Crippen molar-refractivity contribution in [2.24, 2.45) is 0 Å². The van der Waals surface area contributed by atoms with E-state index in [4.69, 9.17) is 9.72 Å². The first-order valence-corrected chi connectivity index (χ1v) is 9.44. The van der Waals surface area contributed by atoms with Gasteiger partial charge in [-0.1, -0.05) is 60.7 Å². The fourth-order valence-electron chi connectivity index (χ4n) is 3.48. The highest BCUT2D eigenvalue weighted by atomic mass is 16.5. The molecule has 1 aromatic heterocycles. The van der Waals surface area contributed by atoms with Gasteiger partial charge in [0, 0.05) is 11.1 Å². The Morgan fingerprint density at radius 2 is 1.11 bits per heavy atom. The molecule has 0 saturated heterocycles. The second kappa shape index (κ2) is 7.69. The van der Waals surface area contributed by atoms with Gasteiger partial charge < -0.3 is 4.74 Å². The number of benzene rings is 3. The molecule has 0 amide bonds. The Balaban J connectivity index is 1.93. The summed E-state index contributed by atoms with van der Waals surface area (Å²) in [5.41, 5.74) is 9.03. The standard InChI is InChI=1S/C26H23NO/c1-18-8-4-6-10-23(18)25-16-21(20-12-14-22(28-3)15-13-20)17-26(27-25)24-11-7-5-9-19(24)2/h4-17H,1-3H3. The van der Waals surface area contributed by atoms with Crippen molar-refractivity contribution >= 4 is 0 Å². The Morgan fingerprint density at radius 3 is 1.57 bits per heavy atom. The second-order valence-electron chi connectivity index (χ2n) is 6.98. The van der Waals surface area contributed by atoms with E-state index >= 15 is 0 Å². The molecule has 2 heteroatoms. The number of hydrogen-bond acceptors (Lipinski definition) is 2. The maximum atomic E-state index is 5.31. The van der Waals surface area contributed by atoms with Crippen LogP contribution in [0.3, 0.4) is 0 Å². The van der Waals surface area contributed by atoms with Gasteiger partial charge >= 0.3 is 0 Å². The van der Waals surface area contributed by atoms with Crippen LogP contribution >= 0.6 is 0 Å². The molecule has 138 valence electrons. The summed E-state index contributed by atoms with van der Waals surface area (Å²) in [6.07, 6.45) is 0. The molecule has 0 saturated carbocycles. The molecule has 3 aromatic carbocycles. The quantitative estimate of drug-likeness (QED) is 0.401. The number of aromatic nitrogens is 1. The molecule has 2 nitrogen and oxygen atoms in total. The molecule has 0 fully saturated rings. The number of hydrogen-bond donors (Lipinski definition) is 0. The van der Waals surface area contributed by atoms with Crippen LogP contribution in [0.1, 0.15) is 11.1 Å². The van der Waals surface area contributed by atoms with E-state index in [-0.39, 0.29) is 0 Å². The number of pyridine rings is 1. The third-order valence-electron chi connectivity index (χ3n) is 5.09. The predicted molar refractivity (Wildman–Crippen MR) is 117 cm³/mol. The highest BCUT2D eigenvalue weighted by molar-refractivity contribution is 5.78. The van der Waals surface area contributed by atoms with Gasteiger partial charge in [-0.15, -0.1) is 0 Å². The summed E-state index contributed by atoms with van der Waals surface area (Å²) in [6, 6.07) is 29.3. The minimum Gasteiger partial charge on any atom is -0.497 e. The molecule has 0 spiro atoms. The summed E-state index contributed by atoms with van der Waals surface area (Å²) in [4.78, 5) is 5.03. The van der Waals surface area contributed by atoms with Gasteiger partial charge in [0.2, 0.25) is 0 Å². The van der Waals surface area contributed by atoms with E-state index in [2.05, 4.69) is 86.6 Å². The number of aryl methyl sites for hydroxylation is 2. The van der Waals surface area contributed by atoms with Gasteiger partial charge in [0.1, 0.15) is 5.75 Å². The minimum atomic E-state index is 0.857. The maximum absolute atomic E-state index is 5.31. The first-order chi connectivity index (χ1) is 13.7. The summed E-state index contributed by atoms with van der Waals surface area (Å²) in [5.74, 6) is 0.857. The van der Waals surface area contributed by atoms with Gasteiger partial charge in [-0.05, 0) is 60.4 Å². The highest BCUT2D eigenvalue weighted by Gasteiger charge is 2.11. The number of rotatable bonds is 4. The molecule has 0 aliphatic heterocycles. The molecule has 0 radical (unpaired) electrons. The maximum Gasteiger partial charge on any atom is 0.118 e. The Bertz CT molecular complexity index is 1050. The Kier molecular flexibility index (Phi) is 4.94. The molecule has 1 heterocycles. The molecule has 4 rings (SSSR count). The molecule has 0 atom stereocenters. The summed E-state index contributed by atoms with van der Waals surface area (Å²) < 4.78 is 5.31. The van der Waals surface area contributed by atoms with Crippen molar-refractivity contribution in [3.05, 3.63) is 96.1 Å². The zero-order valence-electron chi connectivity index (χ0n) is 16.4. The van der Waals surface area contributed by atoms with Crippen molar-refractivity contribution in [1.29, 1.82) is 0 Å². The zero-order chi connectivity index (χ0) is 19.5. The van der Waals surface area contributed by atoms with Gasteiger partial charge in [-0.2, -0.15) is 0 Å². The van der Waals surface area contributed by atoms with Crippen molar-refractivity contribution in [3.63, 3.8) is 0 Å². The highest BCUT2D eigenvalue weighted by Crippen LogP contribution is 2.33. The van der Waals surface area contributed by atoms with Crippen LogP contribution in [-0.4, -0.2) is 12.1 Å². The van der Waals surface area contributed by atoms with Crippen LogP contribution in [0.4, 0.5) is 0 Å². The first-order valence-electron chi connectivity index (χ1n) is 9.44. The van der Waals surface area contributed by atoms with Crippen molar-refractivity contribution in [2.45, 2.75) is 13.8 Å².